The van der Waals surface area contributed by atoms with Gasteiger partial charge in [0.15, 0.2) is 0 Å². The normalized spacial score (nSPS) is 12.3. The van der Waals surface area contributed by atoms with Crippen molar-refractivity contribution in [2.24, 2.45) is 5.73 Å². The van der Waals surface area contributed by atoms with Crippen LogP contribution in [0.2, 0.25) is 0 Å². The molecule has 0 aromatic carbocycles. The molecule has 0 fully saturated rings. The number of hydrogen-bond donors (Lipinski definition) is 1. The van der Waals surface area contributed by atoms with Gasteiger partial charge in [0.25, 0.3) is 0 Å². The van der Waals surface area contributed by atoms with E-state index in [1.54, 1.807) is 17.1 Å². The molecule has 2 N–H and O–H groups in total. The van der Waals surface area contributed by atoms with Crippen LogP contribution in [0.4, 0.5) is 9.59 Å². The van der Waals surface area contributed by atoms with Crippen molar-refractivity contribution < 1.29 is 19.1 Å². The highest BCUT2D eigenvalue weighted by atomic mass is 16.6. The third-order valence-electron chi connectivity index (χ3n) is 2.32. The second-order valence-electron chi connectivity index (χ2n) is 6.36. The molecule has 0 aromatic rings. The molecule has 0 radical (unpaired) electrons. The zero-order valence-corrected chi connectivity index (χ0v) is 13.2. The maximum Gasteiger partial charge on any atom is 0.410 e. The minimum atomic E-state index is -0.835. The molecule has 116 valence electrons. The Morgan fingerprint density at radius 2 is 1.35 bits per heavy atom. The summed E-state index contributed by atoms with van der Waals surface area (Å²) in [6, 6.07) is 0. The van der Waals surface area contributed by atoms with Gasteiger partial charge in [-0.2, -0.15) is 0 Å². The van der Waals surface area contributed by atoms with Crippen molar-refractivity contribution in [3.63, 3.8) is 0 Å². The number of hydrogen-bond acceptors (Lipinski definition) is 4. The third-order valence-corrected chi connectivity index (χ3v) is 2.32. The van der Waals surface area contributed by atoms with Crippen LogP contribution < -0.4 is 5.73 Å². The van der Waals surface area contributed by atoms with Crippen LogP contribution in [0.15, 0.2) is 12.2 Å². The monoisotopic (exact) mass is 286 g/mol. The lowest BCUT2D eigenvalue weighted by Crippen LogP contribution is -2.55. The maximum absolute atomic E-state index is 12.1. The molecule has 0 aliphatic rings. The van der Waals surface area contributed by atoms with Crippen LogP contribution in [-0.4, -0.2) is 41.4 Å². The molecule has 0 saturated heterocycles. The van der Waals surface area contributed by atoms with E-state index in [1.165, 1.54) is 0 Å². The van der Waals surface area contributed by atoms with Gasteiger partial charge in [-0.15, -0.1) is 0 Å². The number of nitrogens with zero attached hydrogens (tertiary/aromatic N) is 1. The van der Waals surface area contributed by atoms with Crippen LogP contribution in [0.25, 0.3) is 0 Å². The molecule has 2 amide bonds. The summed E-state index contributed by atoms with van der Waals surface area (Å²) in [5.74, 6) is 0. The van der Waals surface area contributed by atoms with E-state index < -0.39 is 6.09 Å². The summed E-state index contributed by atoms with van der Waals surface area (Å²) in [5, 5.41) is 0. The van der Waals surface area contributed by atoms with Crippen molar-refractivity contribution in [2.75, 3.05) is 13.2 Å². The van der Waals surface area contributed by atoms with Gasteiger partial charge in [0.2, 0.25) is 0 Å². The number of nitrogens with two attached hydrogens (primary N) is 1. The van der Waals surface area contributed by atoms with Crippen LogP contribution in [-0.2, 0) is 9.47 Å². The van der Waals surface area contributed by atoms with Crippen LogP contribution in [0.1, 0.15) is 41.5 Å². The molecule has 0 unspecified atom stereocenters. The van der Waals surface area contributed by atoms with E-state index in [0.717, 1.165) is 0 Å². The minimum Gasteiger partial charge on any atom is -0.445 e. The van der Waals surface area contributed by atoms with E-state index in [2.05, 4.69) is 4.74 Å². The molecular formula is C14H26N2O4. The third kappa shape index (κ3) is 7.01. The number of rotatable bonds is 4. The molecule has 20 heavy (non-hydrogen) atoms. The molecule has 6 heteroatoms. The maximum atomic E-state index is 12.1. The first-order valence-electron chi connectivity index (χ1n) is 6.50. The lowest BCUT2D eigenvalue weighted by atomic mass is 9.97. The molecule has 0 aliphatic carbocycles. The SMILES string of the molecule is CC(C)(C)N(C(=O)OC/C=C\COC(N)=O)C(C)(C)C. The van der Waals surface area contributed by atoms with Gasteiger partial charge in [0, 0.05) is 11.1 Å². The smallest absolute Gasteiger partial charge is 0.410 e. The minimum absolute atomic E-state index is 0.0646. The molecule has 6 nitrogen and oxygen atoms in total. The molecule has 0 bridgehead atoms. The van der Waals surface area contributed by atoms with E-state index in [9.17, 15) is 9.59 Å². The van der Waals surface area contributed by atoms with Crippen molar-refractivity contribution in [1.29, 1.82) is 0 Å². The molecule has 0 atom stereocenters. The van der Waals surface area contributed by atoms with E-state index in [1.807, 2.05) is 41.5 Å². The van der Waals surface area contributed by atoms with Crippen molar-refractivity contribution >= 4 is 12.2 Å². The molecule has 0 saturated carbocycles. The fourth-order valence-corrected chi connectivity index (χ4v) is 2.00. The summed E-state index contributed by atoms with van der Waals surface area (Å²) in [6.45, 7) is 11.9. The van der Waals surface area contributed by atoms with Gasteiger partial charge in [0.05, 0.1) is 0 Å². The molecular weight excluding hydrogens is 260 g/mol. The van der Waals surface area contributed by atoms with Gasteiger partial charge >= 0.3 is 12.2 Å². The molecule has 0 heterocycles. The first kappa shape index (κ1) is 18.3. The van der Waals surface area contributed by atoms with Gasteiger partial charge in [-0.3, -0.25) is 4.90 Å². The largest absolute Gasteiger partial charge is 0.445 e. The van der Waals surface area contributed by atoms with E-state index in [0.29, 0.717) is 0 Å². The summed E-state index contributed by atoms with van der Waals surface area (Å²) < 4.78 is 9.70. The number of carbonyl (C=O) groups is 2. The van der Waals surface area contributed by atoms with Crippen molar-refractivity contribution in [3.8, 4) is 0 Å². The summed E-state index contributed by atoms with van der Waals surface area (Å²) in [6.07, 6.45) is 1.95. The van der Waals surface area contributed by atoms with Gasteiger partial charge in [0.1, 0.15) is 13.2 Å². The topological polar surface area (TPSA) is 81.9 Å². The fourth-order valence-electron chi connectivity index (χ4n) is 2.00. The first-order chi connectivity index (χ1) is 8.96. The Bertz CT molecular complexity index is 350. The average Bonchev–Trinajstić information content (AvgIpc) is 2.18. The number of amides is 2. The zero-order chi connectivity index (χ0) is 16.0. The highest BCUT2D eigenvalue weighted by Crippen LogP contribution is 2.25. The van der Waals surface area contributed by atoms with Gasteiger partial charge in [-0.1, -0.05) is 0 Å². The average molecular weight is 286 g/mol. The molecule has 0 aromatic heterocycles. The highest BCUT2D eigenvalue weighted by Gasteiger charge is 2.36. The van der Waals surface area contributed by atoms with E-state index >= 15 is 0 Å². The van der Waals surface area contributed by atoms with Gasteiger partial charge in [-0.25, -0.2) is 9.59 Å². The van der Waals surface area contributed by atoms with E-state index in [4.69, 9.17) is 10.5 Å². The highest BCUT2D eigenvalue weighted by molar-refractivity contribution is 5.69. The number of primary amides is 1. The Kier molecular flexibility index (Phi) is 6.55. The standard InChI is InChI=1S/C14H26N2O4/c1-13(2,3)16(14(4,5)6)12(18)20-10-8-7-9-19-11(15)17/h7-8H,9-10H2,1-6H3,(H2,15,17)/b8-7-. The van der Waals surface area contributed by atoms with Gasteiger partial charge in [-0.05, 0) is 53.7 Å². The second kappa shape index (κ2) is 7.17. The van der Waals surface area contributed by atoms with Crippen molar-refractivity contribution in [1.82, 2.24) is 4.90 Å². The summed E-state index contributed by atoms with van der Waals surface area (Å²) >= 11 is 0. The van der Waals surface area contributed by atoms with Gasteiger partial charge < -0.3 is 15.2 Å². The lowest BCUT2D eigenvalue weighted by Gasteiger charge is -2.44. The Morgan fingerprint density at radius 1 is 0.950 bits per heavy atom. The van der Waals surface area contributed by atoms with Crippen LogP contribution in [0.3, 0.4) is 0 Å². The second-order valence-corrected chi connectivity index (χ2v) is 6.36. The predicted molar refractivity (Wildman–Crippen MR) is 77.4 cm³/mol. The summed E-state index contributed by atoms with van der Waals surface area (Å²) in [7, 11) is 0. The number of carbonyl (C=O) groups excluding carboxylic acids is 2. The fraction of sp³-hybridized carbons (Fsp3) is 0.714. The molecule has 0 rings (SSSR count). The van der Waals surface area contributed by atoms with E-state index in [-0.39, 0.29) is 30.4 Å². The predicted octanol–water partition coefficient (Wildman–Crippen LogP) is 2.67. The van der Waals surface area contributed by atoms with Crippen LogP contribution in [0.5, 0.6) is 0 Å². The Balaban J connectivity index is 4.40. The summed E-state index contributed by atoms with van der Waals surface area (Å²) in [5.41, 5.74) is 4.13. The Morgan fingerprint density at radius 3 is 1.70 bits per heavy atom. The summed E-state index contributed by atoms with van der Waals surface area (Å²) in [4.78, 5) is 24.2. The number of ether oxygens (including phenoxy) is 2. The van der Waals surface area contributed by atoms with Crippen molar-refractivity contribution in [2.45, 2.75) is 52.6 Å². The molecule has 0 aliphatic heterocycles. The molecule has 0 spiro atoms. The first-order valence-corrected chi connectivity index (χ1v) is 6.50. The quantitative estimate of drug-likeness (QED) is 0.805. The zero-order valence-electron chi connectivity index (χ0n) is 13.2. The van der Waals surface area contributed by atoms with Crippen molar-refractivity contribution in [3.05, 3.63) is 12.2 Å². The Hall–Kier alpha value is -1.72. The van der Waals surface area contributed by atoms with Crippen LogP contribution >= 0.6 is 0 Å². The lowest BCUT2D eigenvalue weighted by molar-refractivity contribution is 0.0252. The Labute approximate surface area is 120 Å². The van der Waals surface area contributed by atoms with Crippen LogP contribution in [0, 0.1) is 0 Å².